The minimum Gasteiger partial charge on any atom is -0.494 e. The van der Waals surface area contributed by atoms with E-state index in [-0.39, 0.29) is 0 Å². The van der Waals surface area contributed by atoms with Crippen LogP contribution in [0.15, 0.2) is 110 Å². The monoisotopic (exact) mass is 588 g/mol. The minimum absolute atomic E-state index is 0.753. The van der Waals surface area contributed by atoms with Gasteiger partial charge in [0, 0.05) is 12.4 Å². The van der Waals surface area contributed by atoms with Crippen LogP contribution in [0.4, 0.5) is 0 Å². The molecule has 10 heteroatoms. The summed E-state index contributed by atoms with van der Waals surface area (Å²) < 4.78 is 14.8. The summed E-state index contributed by atoms with van der Waals surface area (Å²) in [4.78, 5) is 8.55. The van der Waals surface area contributed by atoms with Crippen LogP contribution in [0.25, 0.3) is 34.2 Å². The van der Waals surface area contributed by atoms with Crippen LogP contribution in [-0.4, -0.2) is 53.2 Å². The number of nitrogens with zero attached hydrogens (tertiary/aromatic N) is 8. The molecule has 0 aliphatic carbocycles. The second-order valence-electron chi connectivity index (χ2n) is 9.92. The fraction of sp³-hybridized carbons (Fsp3) is 0.235. The predicted molar refractivity (Wildman–Crippen MR) is 170 cm³/mol. The zero-order chi connectivity index (χ0) is 30.4. The molecule has 0 atom stereocenters. The molecule has 0 aliphatic heterocycles. The molecule has 44 heavy (non-hydrogen) atoms. The smallest absolute Gasteiger partial charge is 0.131 e. The average Bonchev–Trinajstić information content (AvgIpc) is 3.78. The van der Waals surface area contributed by atoms with E-state index in [1.54, 1.807) is 21.8 Å². The molecule has 0 saturated heterocycles. The van der Waals surface area contributed by atoms with E-state index in [9.17, 15) is 0 Å². The van der Waals surface area contributed by atoms with Gasteiger partial charge in [-0.05, 0) is 85.6 Å². The van der Waals surface area contributed by atoms with E-state index in [2.05, 4.69) is 44.4 Å². The van der Waals surface area contributed by atoms with E-state index in [1.807, 2.05) is 97.3 Å². The second kappa shape index (κ2) is 15.7. The van der Waals surface area contributed by atoms with Gasteiger partial charge in [-0.1, -0.05) is 49.2 Å². The third-order valence-electron chi connectivity index (χ3n) is 6.58. The van der Waals surface area contributed by atoms with Crippen LogP contribution in [0.2, 0.25) is 0 Å². The molecule has 0 saturated carbocycles. The lowest BCUT2D eigenvalue weighted by atomic mass is 10.3. The lowest BCUT2D eigenvalue weighted by Crippen LogP contribution is -1.98. The summed E-state index contributed by atoms with van der Waals surface area (Å²) in [6, 6.07) is 27.1. The topological polar surface area (TPSA) is 106 Å². The number of benzene rings is 2. The third-order valence-corrected chi connectivity index (χ3v) is 6.58. The first kappa shape index (κ1) is 30.1. The quantitative estimate of drug-likeness (QED) is 0.141. The molecule has 224 valence electrons. The minimum atomic E-state index is 0.753. The highest BCUT2D eigenvalue weighted by Gasteiger charge is 2.07. The lowest BCUT2D eigenvalue weighted by molar-refractivity contribution is 0.309. The van der Waals surface area contributed by atoms with E-state index in [1.165, 1.54) is 0 Å². The van der Waals surface area contributed by atoms with Gasteiger partial charge in [0.15, 0.2) is 0 Å². The molecule has 0 fully saturated rings. The maximum absolute atomic E-state index is 5.66. The molecule has 6 rings (SSSR count). The van der Waals surface area contributed by atoms with Crippen molar-refractivity contribution < 1.29 is 9.47 Å². The van der Waals surface area contributed by atoms with E-state index in [0.717, 1.165) is 84.5 Å². The Labute approximate surface area is 257 Å². The molecule has 4 aromatic heterocycles. The van der Waals surface area contributed by atoms with Crippen molar-refractivity contribution in [3.8, 4) is 45.6 Å². The molecule has 0 spiro atoms. The molecule has 0 unspecified atom stereocenters. The van der Waals surface area contributed by atoms with Crippen molar-refractivity contribution in [3.63, 3.8) is 0 Å². The highest BCUT2D eigenvalue weighted by molar-refractivity contribution is 5.53. The summed E-state index contributed by atoms with van der Waals surface area (Å²) in [7, 11) is 0. The molecule has 0 N–H and O–H groups in total. The van der Waals surface area contributed by atoms with Gasteiger partial charge in [0.1, 0.15) is 22.9 Å². The van der Waals surface area contributed by atoms with Gasteiger partial charge in [0.25, 0.3) is 0 Å². The van der Waals surface area contributed by atoms with Crippen molar-refractivity contribution in [1.29, 1.82) is 0 Å². The van der Waals surface area contributed by atoms with Crippen LogP contribution in [0, 0.1) is 0 Å². The lowest BCUT2D eigenvalue weighted by Gasteiger charge is -2.06. The normalized spacial score (nSPS) is 10.6. The molecule has 4 heterocycles. The molecular formula is C34H36N8O2. The van der Waals surface area contributed by atoms with Crippen LogP contribution in [0.1, 0.15) is 39.5 Å². The molecule has 0 amide bonds. The highest BCUT2D eigenvalue weighted by Crippen LogP contribution is 2.19. The number of unbranched alkanes of at least 4 members (excludes halogenated alkanes) is 2. The van der Waals surface area contributed by atoms with Gasteiger partial charge in [0.05, 0.1) is 48.4 Å². The summed E-state index contributed by atoms with van der Waals surface area (Å²) in [6.45, 7) is 5.80. The predicted octanol–water partition coefficient (Wildman–Crippen LogP) is 7.02. The Bertz CT molecular complexity index is 1540. The SMILES string of the molecule is CCCCOc1ccc(-n2cc(-c3ccccn3)nn2)cc1.CCCCOc1ccc(-n2cc(-c3ccccn3)nn2)cc1. The number of pyridine rings is 2. The van der Waals surface area contributed by atoms with Gasteiger partial charge in [-0.25, -0.2) is 9.36 Å². The fourth-order valence-corrected chi connectivity index (χ4v) is 4.10. The van der Waals surface area contributed by atoms with Crippen molar-refractivity contribution in [2.24, 2.45) is 0 Å². The zero-order valence-corrected chi connectivity index (χ0v) is 25.0. The Morgan fingerprint density at radius 3 is 1.32 bits per heavy atom. The van der Waals surface area contributed by atoms with Crippen LogP contribution in [-0.2, 0) is 0 Å². The number of hydrogen-bond acceptors (Lipinski definition) is 8. The zero-order valence-electron chi connectivity index (χ0n) is 25.0. The first-order valence-electron chi connectivity index (χ1n) is 14.9. The summed E-state index contributed by atoms with van der Waals surface area (Å²) in [5.41, 5.74) is 5.02. The van der Waals surface area contributed by atoms with E-state index < -0.39 is 0 Å². The molecule has 0 bridgehead atoms. The van der Waals surface area contributed by atoms with Crippen molar-refractivity contribution in [1.82, 2.24) is 40.0 Å². The average molecular weight is 589 g/mol. The fourth-order valence-electron chi connectivity index (χ4n) is 4.10. The number of rotatable bonds is 12. The number of aromatic nitrogens is 8. The summed E-state index contributed by atoms with van der Waals surface area (Å²) in [6.07, 6.45) is 11.6. The standard InChI is InChI=1S/2C17H18N4O/c2*1-2-3-12-22-15-9-7-14(8-10-15)21-13-17(19-20-21)16-6-4-5-11-18-16/h2*4-11,13H,2-3,12H2,1H3. The Morgan fingerprint density at radius 2 is 0.955 bits per heavy atom. The van der Waals surface area contributed by atoms with E-state index in [4.69, 9.17) is 9.47 Å². The van der Waals surface area contributed by atoms with Crippen LogP contribution in [0.3, 0.4) is 0 Å². The van der Waals surface area contributed by atoms with Crippen LogP contribution >= 0.6 is 0 Å². The van der Waals surface area contributed by atoms with Gasteiger partial charge >= 0.3 is 0 Å². The second-order valence-corrected chi connectivity index (χ2v) is 9.92. The molecule has 0 radical (unpaired) electrons. The molecular weight excluding hydrogens is 552 g/mol. The first-order valence-corrected chi connectivity index (χ1v) is 14.9. The maximum atomic E-state index is 5.66. The molecule has 6 aromatic rings. The van der Waals surface area contributed by atoms with Crippen LogP contribution in [0.5, 0.6) is 11.5 Å². The largest absolute Gasteiger partial charge is 0.494 e. The van der Waals surface area contributed by atoms with Crippen molar-refractivity contribution in [3.05, 3.63) is 110 Å². The Hall–Kier alpha value is -5.38. The Kier molecular flexibility index (Phi) is 10.8. The van der Waals surface area contributed by atoms with Gasteiger partial charge in [0.2, 0.25) is 0 Å². The maximum Gasteiger partial charge on any atom is 0.131 e. The Balaban J connectivity index is 0.000000175. The van der Waals surface area contributed by atoms with Crippen LogP contribution < -0.4 is 9.47 Å². The van der Waals surface area contributed by atoms with Gasteiger partial charge < -0.3 is 9.47 Å². The Morgan fingerprint density at radius 1 is 0.523 bits per heavy atom. The van der Waals surface area contributed by atoms with Gasteiger partial charge in [-0.3, -0.25) is 9.97 Å². The first-order chi connectivity index (χ1) is 21.7. The highest BCUT2D eigenvalue weighted by atomic mass is 16.5. The summed E-state index contributed by atoms with van der Waals surface area (Å²) in [5.74, 6) is 1.75. The summed E-state index contributed by atoms with van der Waals surface area (Å²) >= 11 is 0. The number of hydrogen-bond donors (Lipinski definition) is 0. The van der Waals surface area contributed by atoms with Crippen molar-refractivity contribution in [2.45, 2.75) is 39.5 Å². The van der Waals surface area contributed by atoms with E-state index >= 15 is 0 Å². The number of ether oxygens (including phenoxy) is 2. The molecule has 2 aromatic carbocycles. The van der Waals surface area contributed by atoms with Crippen molar-refractivity contribution >= 4 is 0 Å². The third kappa shape index (κ3) is 8.34. The van der Waals surface area contributed by atoms with E-state index in [0.29, 0.717) is 0 Å². The molecule has 10 nitrogen and oxygen atoms in total. The van der Waals surface area contributed by atoms with Gasteiger partial charge in [-0.15, -0.1) is 10.2 Å². The molecule has 0 aliphatic rings. The van der Waals surface area contributed by atoms with Gasteiger partial charge in [-0.2, -0.15) is 0 Å². The summed E-state index contributed by atoms with van der Waals surface area (Å²) in [5, 5.41) is 16.6. The van der Waals surface area contributed by atoms with Crippen molar-refractivity contribution in [2.75, 3.05) is 13.2 Å².